The molecule has 0 aromatic heterocycles. The lowest BCUT2D eigenvalue weighted by Crippen LogP contribution is -2.48. The Balaban J connectivity index is 2.02. The van der Waals surface area contributed by atoms with Crippen LogP contribution < -0.4 is 5.32 Å². The second kappa shape index (κ2) is 9.76. The van der Waals surface area contributed by atoms with Crippen LogP contribution in [0.15, 0.2) is 54.6 Å². The number of amides is 2. The van der Waals surface area contributed by atoms with Crippen molar-refractivity contribution in [2.75, 3.05) is 13.6 Å². The molecule has 1 atom stereocenters. The van der Waals surface area contributed by atoms with Crippen LogP contribution in [0.5, 0.6) is 0 Å². The summed E-state index contributed by atoms with van der Waals surface area (Å²) in [5.41, 5.74) is 3.50. The second-order valence-electron chi connectivity index (χ2n) is 6.60. The van der Waals surface area contributed by atoms with Gasteiger partial charge in [-0.15, -0.1) is 0 Å². The molecule has 2 rings (SSSR count). The highest BCUT2D eigenvalue weighted by molar-refractivity contribution is 5.87. The van der Waals surface area contributed by atoms with Crippen LogP contribution >= 0.6 is 0 Å². The molecule has 2 amide bonds. The summed E-state index contributed by atoms with van der Waals surface area (Å²) in [4.78, 5) is 26.6. The molecule has 0 aliphatic carbocycles. The van der Waals surface area contributed by atoms with Crippen molar-refractivity contribution in [3.8, 4) is 0 Å². The molecule has 26 heavy (non-hydrogen) atoms. The van der Waals surface area contributed by atoms with E-state index < -0.39 is 6.04 Å². The Bertz CT molecular complexity index is 711. The van der Waals surface area contributed by atoms with Crippen molar-refractivity contribution in [1.82, 2.24) is 10.2 Å². The Morgan fingerprint density at radius 2 is 1.58 bits per heavy atom. The molecule has 0 fully saturated rings. The number of benzene rings is 2. The third kappa shape index (κ3) is 5.73. The molecule has 1 N–H and O–H groups in total. The number of likely N-dealkylation sites (N-methyl/N-ethyl adjacent to an activating group) is 1. The van der Waals surface area contributed by atoms with Crippen LogP contribution in [0, 0.1) is 6.92 Å². The highest BCUT2D eigenvalue weighted by Gasteiger charge is 2.24. The van der Waals surface area contributed by atoms with Gasteiger partial charge in [-0.3, -0.25) is 9.59 Å². The van der Waals surface area contributed by atoms with Crippen LogP contribution in [0.1, 0.15) is 30.0 Å². The number of carbonyl (C=O) groups is 2. The minimum Gasteiger partial charge on any atom is -0.357 e. The molecule has 0 aliphatic heterocycles. The van der Waals surface area contributed by atoms with Crippen molar-refractivity contribution >= 4 is 11.8 Å². The summed E-state index contributed by atoms with van der Waals surface area (Å²) in [6.07, 6.45) is 1.82. The Kier molecular flexibility index (Phi) is 7.39. The van der Waals surface area contributed by atoms with E-state index in [4.69, 9.17) is 0 Å². The largest absolute Gasteiger partial charge is 0.357 e. The Morgan fingerprint density at radius 1 is 0.962 bits per heavy atom. The van der Waals surface area contributed by atoms with Gasteiger partial charge in [-0.05, 0) is 37.8 Å². The molecule has 0 bridgehead atoms. The minimum atomic E-state index is -0.478. The molecule has 4 heteroatoms. The predicted molar refractivity (Wildman–Crippen MR) is 105 cm³/mol. The van der Waals surface area contributed by atoms with Gasteiger partial charge in [0.2, 0.25) is 11.8 Å². The number of hydrogen-bond acceptors (Lipinski definition) is 2. The standard InChI is InChI=1S/C22H28N2O2/c1-17-9-11-20(12-10-17)13-14-21(25)24(18(2)22(26)23-3)16-15-19-7-5-4-6-8-19/h4-12,18H,13-16H2,1-3H3,(H,23,26)/t18-/m1/s1. The predicted octanol–water partition coefficient (Wildman–Crippen LogP) is 3.13. The molecule has 4 nitrogen and oxygen atoms in total. The van der Waals surface area contributed by atoms with Gasteiger partial charge in [-0.25, -0.2) is 0 Å². The summed E-state index contributed by atoms with van der Waals surface area (Å²) in [5, 5.41) is 2.65. The van der Waals surface area contributed by atoms with Crippen molar-refractivity contribution in [3.63, 3.8) is 0 Å². The van der Waals surface area contributed by atoms with E-state index in [1.807, 2.05) is 37.3 Å². The van der Waals surface area contributed by atoms with E-state index in [1.165, 1.54) is 5.56 Å². The maximum absolute atomic E-state index is 12.8. The lowest BCUT2D eigenvalue weighted by atomic mass is 10.1. The summed E-state index contributed by atoms with van der Waals surface area (Å²) < 4.78 is 0. The van der Waals surface area contributed by atoms with Crippen LogP contribution in [-0.4, -0.2) is 36.3 Å². The minimum absolute atomic E-state index is 0.0117. The summed E-state index contributed by atoms with van der Waals surface area (Å²) in [6, 6.07) is 17.8. The monoisotopic (exact) mass is 352 g/mol. The molecule has 138 valence electrons. The summed E-state index contributed by atoms with van der Waals surface area (Å²) in [5.74, 6) is -0.126. The molecule has 0 saturated heterocycles. The van der Waals surface area contributed by atoms with Gasteiger partial charge in [0.1, 0.15) is 6.04 Å². The van der Waals surface area contributed by atoms with Crippen LogP contribution in [-0.2, 0) is 22.4 Å². The van der Waals surface area contributed by atoms with Gasteiger partial charge >= 0.3 is 0 Å². The van der Waals surface area contributed by atoms with Crippen LogP contribution in [0.2, 0.25) is 0 Å². The first kappa shape index (κ1) is 19.7. The van der Waals surface area contributed by atoms with E-state index in [9.17, 15) is 9.59 Å². The van der Waals surface area contributed by atoms with Gasteiger partial charge in [-0.2, -0.15) is 0 Å². The zero-order valence-electron chi connectivity index (χ0n) is 15.9. The highest BCUT2D eigenvalue weighted by atomic mass is 16.2. The van der Waals surface area contributed by atoms with Gasteiger partial charge in [0.15, 0.2) is 0 Å². The molecule has 2 aromatic carbocycles. The smallest absolute Gasteiger partial charge is 0.242 e. The quantitative estimate of drug-likeness (QED) is 0.793. The van der Waals surface area contributed by atoms with Crippen molar-refractivity contribution in [2.24, 2.45) is 0 Å². The van der Waals surface area contributed by atoms with Gasteiger partial charge in [0.05, 0.1) is 0 Å². The Morgan fingerprint density at radius 3 is 2.19 bits per heavy atom. The fourth-order valence-corrected chi connectivity index (χ4v) is 2.93. The van der Waals surface area contributed by atoms with Crippen LogP contribution in [0.4, 0.5) is 0 Å². The molecule has 2 aromatic rings. The lowest BCUT2D eigenvalue weighted by molar-refractivity contribution is -0.139. The maximum Gasteiger partial charge on any atom is 0.242 e. The average Bonchev–Trinajstić information content (AvgIpc) is 2.67. The van der Waals surface area contributed by atoms with E-state index in [1.54, 1.807) is 18.9 Å². The topological polar surface area (TPSA) is 49.4 Å². The van der Waals surface area contributed by atoms with E-state index in [0.29, 0.717) is 19.4 Å². The molecule has 0 heterocycles. The van der Waals surface area contributed by atoms with Crippen LogP contribution in [0.25, 0.3) is 0 Å². The van der Waals surface area contributed by atoms with Crippen LogP contribution in [0.3, 0.4) is 0 Å². The first-order valence-corrected chi connectivity index (χ1v) is 9.12. The van der Waals surface area contributed by atoms with E-state index >= 15 is 0 Å². The highest BCUT2D eigenvalue weighted by Crippen LogP contribution is 2.11. The van der Waals surface area contributed by atoms with Crippen molar-refractivity contribution in [2.45, 2.75) is 39.2 Å². The number of hydrogen-bond donors (Lipinski definition) is 1. The number of nitrogens with zero attached hydrogens (tertiary/aromatic N) is 1. The first-order valence-electron chi connectivity index (χ1n) is 9.12. The summed E-state index contributed by atoms with van der Waals surface area (Å²) >= 11 is 0. The molecular weight excluding hydrogens is 324 g/mol. The SMILES string of the molecule is CNC(=O)[C@@H](C)N(CCc1ccccc1)C(=O)CCc1ccc(C)cc1. The average molecular weight is 352 g/mol. The van der Waals surface area contributed by atoms with Gasteiger partial charge < -0.3 is 10.2 Å². The summed E-state index contributed by atoms with van der Waals surface area (Å²) in [6.45, 7) is 4.37. The van der Waals surface area contributed by atoms with Crippen molar-refractivity contribution < 1.29 is 9.59 Å². The fourth-order valence-electron chi connectivity index (χ4n) is 2.93. The maximum atomic E-state index is 12.8. The van der Waals surface area contributed by atoms with Gasteiger partial charge in [-0.1, -0.05) is 60.2 Å². The third-order valence-electron chi connectivity index (χ3n) is 4.65. The number of aryl methyl sites for hydroxylation is 2. The molecule has 0 spiro atoms. The third-order valence-corrected chi connectivity index (χ3v) is 4.65. The zero-order valence-corrected chi connectivity index (χ0v) is 15.9. The molecule has 0 radical (unpaired) electrons. The number of rotatable bonds is 8. The number of nitrogens with one attached hydrogen (secondary N) is 1. The Labute approximate surface area is 156 Å². The van der Waals surface area contributed by atoms with E-state index in [0.717, 1.165) is 17.5 Å². The molecule has 0 unspecified atom stereocenters. The van der Waals surface area contributed by atoms with E-state index in [2.05, 4.69) is 29.6 Å². The van der Waals surface area contributed by atoms with Crippen molar-refractivity contribution in [1.29, 1.82) is 0 Å². The van der Waals surface area contributed by atoms with E-state index in [-0.39, 0.29) is 11.8 Å². The van der Waals surface area contributed by atoms with Crippen molar-refractivity contribution in [3.05, 3.63) is 71.3 Å². The lowest BCUT2D eigenvalue weighted by Gasteiger charge is -2.28. The Hall–Kier alpha value is -2.62. The molecular formula is C22H28N2O2. The molecule has 0 saturated carbocycles. The second-order valence-corrected chi connectivity index (χ2v) is 6.60. The number of carbonyl (C=O) groups excluding carboxylic acids is 2. The fraction of sp³-hybridized carbons (Fsp3) is 0.364. The van der Waals surface area contributed by atoms with Gasteiger partial charge in [0, 0.05) is 20.0 Å². The first-order chi connectivity index (χ1) is 12.5. The molecule has 0 aliphatic rings. The zero-order chi connectivity index (χ0) is 18.9. The summed E-state index contributed by atoms with van der Waals surface area (Å²) in [7, 11) is 1.60. The normalized spacial score (nSPS) is 11.7. The van der Waals surface area contributed by atoms with Gasteiger partial charge in [0.25, 0.3) is 0 Å².